The Morgan fingerprint density at radius 1 is 1.11 bits per heavy atom. The highest BCUT2D eigenvalue weighted by Gasteiger charge is 2.18. The van der Waals surface area contributed by atoms with Gasteiger partial charge in [-0.25, -0.2) is 0 Å². The van der Waals surface area contributed by atoms with E-state index in [9.17, 15) is 9.59 Å². The van der Waals surface area contributed by atoms with Crippen molar-refractivity contribution in [3.05, 3.63) is 64.6 Å². The van der Waals surface area contributed by atoms with Gasteiger partial charge in [0.05, 0.1) is 11.3 Å². The molecule has 0 atom stereocenters. The molecule has 0 radical (unpaired) electrons. The molecule has 0 unspecified atom stereocenters. The molecule has 4 rings (SSSR count). The maximum atomic E-state index is 13.0. The van der Waals surface area contributed by atoms with Crippen molar-refractivity contribution in [2.45, 2.75) is 13.8 Å². The molecule has 0 saturated carbocycles. The van der Waals surface area contributed by atoms with Crippen LogP contribution in [0.5, 0.6) is 11.5 Å². The fourth-order valence-electron chi connectivity index (χ4n) is 3.09. The number of fused-ring (bicyclic) bond motifs is 2. The second-order valence-corrected chi connectivity index (χ2v) is 6.90. The van der Waals surface area contributed by atoms with E-state index < -0.39 is 0 Å². The molecule has 3 aromatic rings. The highest BCUT2D eigenvalue weighted by Crippen LogP contribution is 2.33. The number of rotatable bonds is 4. The number of hydrogen-bond donors (Lipinski definition) is 1. The second kappa shape index (κ2) is 6.79. The summed E-state index contributed by atoms with van der Waals surface area (Å²) in [5.41, 5.74) is 0.890. The summed E-state index contributed by atoms with van der Waals surface area (Å²) in [6, 6.07) is 12.4. The van der Waals surface area contributed by atoms with Crippen molar-refractivity contribution in [3.8, 4) is 17.2 Å². The Morgan fingerprint density at radius 2 is 1.85 bits per heavy atom. The average Bonchev–Trinajstić information content (AvgIpc) is 3.14. The van der Waals surface area contributed by atoms with Gasteiger partial charge in [-0.05, 0) is 24.1 Å². The Kier molecular flexibility index (Phi) is 4.32. The van der Waals surface area contributed by atoms with E-state index in [-0.39, 0.29) is 18.3 Å². The molecule has 0 bridgehead atoms. The minimum atomic E-state index is -0.200. The van der Waals surface area contributed by atoms with E-state index in [1.54, 1.807) is 42.6 Å². The number of benzene rings is 2. The lowest BCUT2D eigenvalue weighted by atomic mass is 10.1. The zero-order chi connectivity index (χ0) is 19.0. The summed E-state index contributed by atoms with van der Waals surface area (Å²) in [6.07, 6.45) is 1.60. The standard InChI is InChI=1S/C21H20N2O4/c1-13(2)10-22-20(24)17-11-23(21(25)16-6-4-3-5-15(16)17)14-7-8-18-19(9-14)27-12-26-18/h3-9,11,13H,10,12H2,1-2H3,(H,22,24). The zero-order valence-corrected chi connectivity index (χ0v) is 15.2. The smallest absolute Gasteiger partial charge is 0.262 e. The van der Waals surface area contributed by atoms with Crippen LogP contribution in [0, 0.1) is 5.92 Å². The number of amides is 1. The Morgan fingerprint density at radius 3 is 2.63 bits per heavy atom. The summed E-state index contributed by atoms with van der Waals surface area (Å²) in [5.74, 6) is 1.36. The normalized spacial score (nSPS) is 12.6. The average molecular weight is 364 g/mol. The molecule has 6 heteroatoms. The first-order valence-corrected chi connectivity index (χ1v) is 8.87. The van der Waals surface area contributed by atoms with Gasteiger partial charge in [-0.2, -0.15) is 0 Å². The minimum Gasteiger partial charge on any atom is -0.454 e. The number of hydrogen-bond acceptors (Lipinski definition) is 4. The molecule has 0 aliphatic carbocycles. The van der Waals surface area contributed by atoms with E-state index in [2.05, 4.69) is 5.32 Å². The Bertz CT molecular complexity index is 1090. The number of nitrogens with one attached hydrogen (secondary N) is 1. The molecule has 6 nitrogen and oxygen atoms in total. The monoisotopic (exact) mass is 364 g/mol. The molecule has 2 heterocycles. The van der Waals surface area contributed by atoms with Gasteiger partial charge in [-0.15, -0.1) is 0 Å². The SMILES string of the molecule is CC(C)CNC(=O)c1cn(-c2ccc3c(c2)OCO3)c(=O)c2ccccc12. The Labute approximate surface area is 156 Å². The van der Waals surface area contributed by atoms with Crippen molar-refractivity contribution >= 4 is 16.7 Å². The molecule has 2 aromatic carbocycles. The third kappa shape index (κ3) is 3.14. The van der Waals surface area contributed by atoms with Crippen LogP contribution in [0.2, 0.25) is 0 Å². The van der Waals surface area contributed by atoms with Crippen LogP contribution in [-0.2, 0) is 0 Å². The van der Waals surface area contributed by atoms with E-state index in [4.69, 9.17) is 9.47 Å². The van der Waals surface area contributed by atoms with Gasteiger partial charge in [0.2, 0.25) is 6.79 Å². The summed E-state index contributed by atoms with van der Waals surface area (Å²) in [7, 11) is 0. The maximum absolute atomic E-state index is 13.0. The summed E-state index contributed by atoms with van der Waals surface area (Å²) in [5, 5.41) is 4.06. The molecule has 1 aliphatic rings. The van der Waals surface area contributed by atoms with Crippen LogP contribution in [0.15, 0.2) is 53.5 Å². The van der Waals surface area contributed by atoms with Crippen LogP contribution in [-0.4, -0.2) is 23.8 Å². The quantitative estimate of drug-likeness (QED) is 0.772. The number of aromatic nitrogens is 1. The lowest BCUT2D eigenvalue weighted by Gasteiger charge is -2.14. The number of nitrogens with zero attached hydrogens (tertiary/aromatic N) is 1. The van der Waals surface area contributed by atoms with Crippen molar-refractivity contribution in [3.63, 3.8) is 0 Å². The van der Waals surface area contributed by atoms with E-state index >= 15 is 0 Å². The van der Waals surface area contributed by atoms with Gasteiger partial charge >= 0.3 is 0 Å². The number of pyridine rings is 1. The highest BCUT2D eigenvalue weighted by molar-refractivity contribution is 6.06. The van der Waals surface area contributed by atoms with Crippen molar-refractivity contribution in [1.82, 2.24) is 9.88 Å². The molecule has 0 saturated heterocycles. The molecule has 1 N–H and O–H groups in total. The van der Waals surface area contributed by atoms with Crippen molar-refractivity contribution in [2.75, 3.05) is 13.3 Å². The molecular weight excluding hydrogens is 344 g/mol. The first kappa shape index (κ1) is 17.1. The van der Waals surface area contributed by atoms with E-state index in [1.165, 1.54) is 4.57 Å². The fourth-order valence-corrected chi connectivity index (χ4v) is 3.09. The molecule has 138 valence electrons. The van der Waals surface area contributed by atoms with Gasteiger partial charge in [-0.1, -0.05) is 32.0 Å². The number of carbonyl (C=O) groups is 1. The second-order valence-electron chi connectivity index (χ2n) is 6.90. The number of ether oxygens (including phenoxy) is 2. The van der Waals surface area contributed by atoms with Crippen molar-refractivity contribution < 1.29 is 14.3 Å². The molecule has 0 fully saturated rings. The third-order valence-electron chi connectivity index (χ3n) is 4.47. The summed E-state index contributed by atoms with van der Waals surface area (Å²) >= 11 is 0. The first-order valence-electron chi connectivity index (χ1n) is 8.87. The molecule has 1 amide bonds. The van der Waals surface area contributed by atoms with Crippen LogP contribution in [0.3, 0.4) is 0 Å². The minimum absolute atomic E-state index is 0.161. The van der Waals surface area contributed by atoms with Crippen LogP contribution in [0.4, 0.5) is 0 Å². The van der Waals surface area contributed by atoms with Crippen LogP contribution < -0.4 is 20.3 Å². The molecule has 1 aliphatic heterocycles. The van der Waals surface area contributed by atoms with Gasteiger partial charge in [0.1, 0.15) is 0 Å². The Hall–Kier alpha value is -3.28. The van der Waals surface area contributed by atoms with Crippen LogP contribution >= 0.6 is 0 Å². The first-order chi connectivity index (χ1) is 13.0. The van der Waals surface area contributed by atoms with Crippen molar-refractivity contribution in [2.24, 2.45) is 5.92 Å². The van der Waals surface area contributed by atoms with Crippen LogP contribution in [0.1, 0.15) is 24.2 Å². The lowest BCUT2D eigenvalue weighted by Crippen LogP contribution is -2.29. The summed E-state index contributed by atoms with van der Waals surface area (Å²) in [6.45, 7) is 4.79. The molecule has 0 spiro atoms. The van der Waals surface area contributed by atoms with Gasteiger partial charge in [0, 0.05) is 29.6 Å². The zero-order valence-electron chi connectivity index (χ0n) is 15.2. The van der Waals surface area contributed by atoms with Crippen LogP contribution in [0.25, 0.3) is 16.5 Å². The molecular formula is C21H20N2O4. The van der Waals surface area contributed by atoms with E-state index in [0.29, 0.717) is 46.0 Å². The van der Waals surface area contributed by atoms with Gasteiger partial charge in [0.15, 0.2) is 11.5 Å². The largest absolute Gasteiger partial charge is 0.454 e. The lowest BCUT2D eigenvalue weighted by molar-refractivity contribution is 0.0950. The third-order valence-corrected chi connectivity index (χ3v) is 4.47. The fraction of sp³-hybridized carbons (Fsp3) is 0.238. The van der Waals surface area contributed by atoms with Gasteiger partial charge < -0.3 is 14.8 Å². The van der Waals surface area contributed by atoms with Gasteiger partial charge in [-0.3, -0.25) is 14.2 Å². The topological polar surface area (TPSA) is 69.6 Å². The predicted octanol–water partition coefficient (Wildman–Crippen LogP) is 3.11. The highest BCUT2D eigenvalue weighted by atomic mass is 16.7. The molecule has 1 aromatic heterocycles. The molecule has 27 heavy (non-hydrogen) atoms. The maximum Gasteiger partial charge on any atom is 0.262 e. The predicted molar refractivity (Wildman–Crippen MR) is 103 cm³/mol. The van der Waals surface area contributed by atoms with Crippen molar-refractivity contribution in [1.29, 1.82) is 0 Å². The Balaban J connectivity index is 1.87. The van der Waals surface area contributed by atoms with Gasteiger partial charge in [0.25, 0.3) is 11.5 Å². The number of carbonyl (C=O) groups excluding carboxylic acids is 1. The summed E-state index contributed by atoms with van der Waals surface area (Å²) < 4.78 is 12.2. The van der Waals surface area contributed by atoms with E-state index in [0.717, 1.165) is 0 Å². The van der Waals surface area contributed by atoms with E-state index in [1.807, 2.05) is 19.9 Å². The summed E-state index contributed by atoms with van der Waals surface area (Å²) in [4.78, 5) is 25.8.